The Labute approximate surface area is 92.5 Å². The van der Waals surface area contributed by atoms with Crippen molar-refractivity contribution in [2.75, 3.05) is 0 Å². The van der Waals surface area contributed by atoms with Crippen LogP contribution >= 0.6 is 0 Å². The van der Waals surface area contributed by atoms with Crippen LogP contribution in [0.25, 0.3) is 11.8 Å². The van der Waals surface area contributed by atoms with Gasteiger partial charge in [0.15, 0.2) is 0 Å². The lowest BCUT2D eigenvalue weighted by Gasteiger charge is -2.01. The van der Waals surface area contributed by atoms with E-state index in [1.807, 2.05) is 35.0 Å². The van der Waals surface area contributed by atoms with Crippen LogP contribution in [0.5, 0.6) is 0 Å². The van der Waals surface area contributed by atoms with Gasteiger partial charge in [-0.2, -0.15) is 0 Å². The minimum absolute atomic E-state index is 0.813. The van der Waals surface area contributed by atoms with E-state index in [1.54, 1.807) is 12.5 Å². The zero-order valence-corrected chi connectivity index (χ0v) is 8.41. The number of benzene rings is 1. The number of aromatic nitrogens is 2. The lowest BCUT2D eigenvalue weighted by atomic mass is 10.2. The van der Waals surface area contributed by atoms with E-state index >= 15 is 0 Å². The molecule has 0 spiro atoms. The first-order valence-electron chi connectivity index (χ1n) is 4.73. The van der Waals surface area contributed by atoms with Crippen molar-refractivity contribution in [1.29, 1.82) is 0 Å². The Kier molecular flexibility index (Phi) is 2.82. The molecule has 0 N–H and O–H groups in total. The van der Waals surface area contributed by atoms with Crippen molar-refractivity contribution in [3.63, 3.8) is 0 Å². The van der Waals surface area contributed by atoms with E-state index < -0.39 is 5.97 Å². The summed E-state index contributed by atoms with van der Waals surface area (Å²) in [6.07, 6.45) is 7.74. The van der Waals surface area contributed by atoms with E-state index in [1.165, 1.54) is 6.08 Å². The van der Waals surface area contributed by atoms with Crippen molar-refractivity contribution < 1.29 is 9.90 Å². The second-order valence-corrected chi connectivity index (χ2v) is 3.21. The molecular formula is C12H9N2O2-. The number of carbonyl (C=O) groups is 1. The third-order valence-corrected chi connectivity index (χ3v) is 2.11. The van der Waals surface area contributed by atoms with Crippen LogP contribution in [-0.4, -0.2) is 15.5 Å². The van der Waals surface area contributed by atoms with Crippen LogP contribution in [0, 0.1) is 0 Å². The number of hydrogen-bond donors (Lipinski definition) is 0. The molecule has 4 heteroatoms. The minimum atomic E-state index is -1.20. The maximum Gasteiger partial charge on any atom is 0.0991 e. The summed E-state index contributed by atoms with van der Waals surface area (Å²) in [5, 5.41) is 10.2. The molecule has 2 aromatic rings. The number of carboxylic acid groups (broad SMARTS) is 1. The van der Waals surface area contributed by atoms with E-state index in [2.05, 4.69) is 4.98 Å². The second-order valence-electron chi connectivity index (χ2n) is 3.21. The van der Waals surface area contributed by atoms with Crippen LogP contribution in [-0.2, 0) is 4.79 Å². The van der Waals surface area contributed by atoms with Gasteiger partial charge in [-0.1, -0.05) is 18.2 Å². The summed E-state index contributed by atoms with van der Waals surface area (Å²) in [5.41, 5.74) is 1.79. The summed E-state index contributed by atoms with van der Waals surface area (Å²) in [5.74, 6) is -1.20. The van der Waals surface area contributed by atoms with E-state index in [-0.39, 0.29) is 0 Å². The maximum absolute atomic E-state index is 10.2. The van der Waals surface area contributed by atoms with Gasteiger partial charge < -0.3 is 14.5 Å². The molecule has 16 heavy (non-hydrogen) atoms. The summed E-state index contributed by atoms with van der Waals surface area (Å²) in [7, 11) is 0. The summed E-state index contributed by atoms with van der Waals surface area (Å²) in [6.45, 7) is 0. The van der Waals surface area contributed by atoms with Crippen molar-refractivity contribution >= 4 is 12.0 Å². The molecule has 1 aromatic heterocycles. The van der Waals surface area contributed by atoms with Gasteiger partial charge in [0, 0.05) is 18.1 Å². The summed E-state index contributed by atoms with van der Waals surface area (Å²) >= 11 is 0. The van der Waals surface area contributed by atoms with Gasteiger partial charge in [0.25, 0.3) is 0 Å². The van der Waals surface area contributed by atoms with Crippen molar-refractivity contribution in [3.05, 3.63) is 54.6 Å². The van der Waals surface area contributed by atoms with Gasteiger partial charge in [-0.15, -0.1) is 0 Å². The van der Waals surface area contributed by atoms with Crippen molar-refractivity contribution in [3.8, 4) is 5.69 Å². The lowest BCUT2D eigenvalue weighted by molar-refractivity contribution is -0.297. The van der Waals surface area contributed by atoms with Gasteiger partial charge in [0.05, 0.1) is 12.3 Å². The number of carboxylic acids is 1. The highest BCUT2D eigenvalue weighted by Crippen LogP contribution is 2.10. The fourth-order valence-electron chi connectivity index (χ4n) is 1.33. The summed E-state index contributed by atoms with van der Waals surface area (Å²) < 4.78 is 1.87. The minimum Gasteiger partial charge on any atom is -0.545 e. The zero-order valence-electron chi connectivity index (χ0n) is 8.41. The number of carbonyl (C=O) groups excluding carboxylic acids is 1. The molecule has 0 aliphatic rings. The third-order valence-electron chi connectivity index (χ3n) is 2.11. The third kappa shape index (κ3) is 2.36. The molecular weight excluding hydrogens is 204 g/mol. The highest BCUT2D eigenvalue weighted by atomic mass is 16.4. The Balaban J connectivity index is 2.20. The zero-order chi connectivity index (χ0) is 11.4. The van der Waals surface area contributed by atoms with Gasteiger partial charge in [0.1, 0.15) is 0 Å². The van der Waals surface area contributed by atoms with Crippen LogP contribution in [0.15, 0.2) is 49.1 Å². The Morgan fingerprint density at radius 2 is 2.06 bits per heavy atom. The molecule has 1 heterocycles. The Morgan fingerprint density at radius 1 is 1.31 bits per heavy atom. The molecule has 0 amide bonds. The van der Waals surface area contributed by atoms with Crippen LogP contribution < -0.4 is 5.11 Å². The topological polar surface area (TPSA) is 57.9 Å². The summed E-state index contributed by atoms with van der Waals surface area (Å²) in [4.78, 5) is 14.2. The van der Waals surface area contributed by atoms with E-state index in [9.17, 15) is 9.90 Å². The molecule has 0 aliphatic carbocycles. The molecule has 0 unspecified atom stereocenters. The molecule has 0 saturated heterocycles. The predicted molar refractivity (Wildman–Crippen MR) is 57.6 cm³/mol. The molecule has 2 rings (SSSR count). The highest BCUT2D eigenvalue weighted by Gasteiger charge is 1.93. The molecule has 0 radical (unpaired) electrons. The first-order chi connectivity index (χ1) is 7.75. The first-order valence-corrected chi connectivity index (χ1v) is 4.73. The number of nitrogens with zero attached hydrogens (tertiary/aromatic N) is 2. The molecule has 4 nitrogen and oxygen atoms in total. The molecule has 0 bridgehead atoms. The Bertz CT molecular complexity index is 498. The van der Waals surface area contributed by atoms with Gasteiger partial charge in [-0.05, 0) is 23.8 Å². The number of aliphatic carboxylic acids is 1. The van der Waals surface area contributed by atoms with Crippen LogP contribution in [0.4, 0.5) is 0 Å². The van der Waals surface area contributed by atoms with E-state index in [0.717, 1.165) is 17.3 Å². The molecule has 1 aromatic carbocycles. The average molecular weight is 213 g/mol. The van der Waals surface area contributed by atoms with Gasteiger partial charge in [0.2, 0.25) is 0 Å². The largest absolute Gasteiger partial charge is 0.545 e. The van der Waals surface area contributed by atoms with Gasteiger partial charge >= 0.3 is 0 Å². The molecule has 0 atom stereocenters. The van der Waals surface area contributed by atoms with E-state index in [0.29, 0.717) is 0 Å². The standard InChI is InChI=1S/C12H10N2O2/c15-12(16)6-3-10-1-4-11(5-2-10)14-8-7-13-9-14/h1-9H,(H,15,16)/p-1/b6-3+. The summed E-state index contributed by atoms with van der Waals surface area (Å²) in [6, 6.07) is 7.43. The normalized spacial score (nSPS) is 10.8. The van der Waals surface area contributed by atoms with Gasteiger partial charge in [-0.3, -0.25) is 0 Å². The van der Waals surface area contributed by atoms with Crippen LogP contribution in [0.3, 0.4) is 0 Å². The SMILES string of the molecule is O=C([O-])/C=C/c1ccc(-n2ccnc2)cc1. The molecule has 0 fully saturated rings. The van der Waals surface area contributed by atoms with Crippen LogP contribution in [0.1, 0.15) is 5.56 Å². The first kappa shape index (κ1) is 10.2. The van der Waals surface area contributed by atoms with Crippen LogP contribution in [0.2, 0.25) is 0 Å². The highest BCUT2D eigenvalue weighted by molar-refractivity contribution is 5.83. The Morgan fingerprint density at radius 3 is 2.62 bits per heavy atom. The quantitative estimate of drug-likeness (QED) is 0.703. The predicted octanol–water partition coefficient (Wildman–Crippen LogP) is 0.635. The molecule has 0 saturated carbocycles. The Hall–Kier alpha value is -2.36. The van der Waals surface area contributed by atoms with Crippen molar-refractivity contribution in [2.45, 2.75) is 0 Å². The monoisotopic (exact) mass is 213 g/mol. The van der Waals surface area contributed by atoms with Crippen molar-refractivity contribution in [2.24, 2.45) is 0 Å². The average Bonchev–Trinajstić information content (AvgIpc) is 2.80. The lowest BCUT2D eigenvalue weighted by Crippen LogP contribution is -2.18. The number of rotatable bonds is 3. The van der Waals surface area contributed by atoms with Crippen molar-refractivity contribution in [1.82, 2.24) is 9.55 Å². The fourth-order valence-corrected chi connectivity index (χ4v) is 1.33. The van der Waals surface area contributed by atoms with E-state index in [4.69, 9.17) is 0 Å². The number of imidazole rings is 1. The molecule has 0 aliphatic heterocycles. The molecule has 80 valence electrons. The number of hydrogen-bond acceptors (Lipinski definition) is 3. The smallest absolute Gasteiger partial charge is 0.0991 e. The maximum atomic E-state index is 10.2. The second kappa shape index (κ2) is 4.44. The van der Waals surface area contributed by atoms with Gasteiger partial charge in [-0.25, -0.2) is 4.98 Å². The fraction of sp³-hybridized carbons (Fsp3) is 0.